The maximum Gasteiger partial charge on any atom is 0.220 e. The quantitative estimate of drug-likeness (QED) is 0.132. The molecule has 0 aliphatic carbocycles. The number of amides is 1. The van der Waals surface area contributed by atoms with E-state index in [1.165, 1.54) is 70.6 Å². The molecule has 0 aromatic rings. The second kappa shape index (κ2) is 23.5. The van der Waals surface area contributed by atoms with E-state index in [2.05, 4.69) is 31.3 Å². The average Bonchev–Trinajstić information content (AvgIpc) is 2.77. The first kappa shape index (κ1) is 29.9. The zero-order valence-electron chi connectivity index (χ0n) is 20.5. The number of hydrogen-bond donors (Lipinski definition) is 3. The third-order valence-electron chi connectivity index (χ3n) is 5.69. The number of rotatable bonds is 22. The molecular weight excluding hydrogens is 386 g/mol. The molecule has 0 spiro atoms. The summed E-state index contributed by atoms with van der Waals surface area (Å²) >= 11 is 0. The molecule has 0 aromatic carbocycles. The van der Waals surface area contributed by atoms with Crippen molar-refractivity contribution in [3.05, 3.63) is 24.3 Å². The van der Waals surface area contributed by atoms with E-state index >= 15 is 0 Å². The minimum absolute atomic E-state index is 0.0823. The van der Waals surface area contributed by atoms with Gasteiger partial charge in [-0.25, -0.2) is 0 Å². The van der Waals surface area contributed by atoms with Crippen molar-refractivity contribution in [2.24, 2.45) is 0 Å². The molecule has 2 atom stereocenters. The Morgan fingerprint density at radius 1 is 0.742 bits per heavy atom. The Labute approximate surface area is 192 Å². The summed E-state index contributed by atoms with van der Waals surface area (Å²) < 4.78 is 0. The van der Waals surface area contributed by atoms with E-state index in [0.29, 0.717) is 6.42 Å². The minimum atomic E-state index is -0.852. The number of carbonyl (C=O) groups excluding carboxylic acids is 1. The molecule has 0 radical (unpaired) electrons. The van der Waals surface area contributed by atoms with Crippen LogP contribution in [0.3, 0.4) is 0 Å². The van der Waals surface area contributed by atoms with E-state index in [-0.39, 0.29) is 12.5 Å². The molecule has 0 rings (SSSR count). The molecule has 2 unspecified atom stereocenters. The SMILES string of the molecule is CCCCC/C=C/CC/C=C/C(O)C(CO)NC(=O)CCCCCCCCCCCC. The van der Waals surface area contributed by atoms with Gasteiger partial charge in [0, 0.05) is 6.42 Å². The topological polar surface area (TPSA) is 69.6 Å². The van der Waals surface area contributed by atoms with Gasteiger partial charge in [-0.3, -0.25) is 4.79 Å². The van der Waals surface area contributed by atoms with Crippen molar-refractivity contribution in [3.63, 3.8) is 0 Å². The average molecular weight is 438 g/mol. The molecule has 0 saturated heterocycles. The maximum atomic E-state index is 12.1. The van der Waals surface area contributed by atoms with Gasteiger partial charge in [-0.15, -0.1) is 0 Å². The summed E-state index contributed by atoms with van der Waals surface area (Å²) in [6.45, 7) is 4.19. The lowest BCUT2D eigenvalue weighted by Gasteiger charge is -2.19. The number of aliphatic hydroxyl groups excluding tert-OH is 2. The predicted octanol–water partition coefficient (Wildman–Crippen LogP) is 6.61. The Balaban J connectivity index is 3.80. The molecule has 0 fully saturated rings. The second-order valence-electron chi connectivity index (χ2n) is 8.75. The van der Waals surface area contributed by atoms with E-state index < -0.39 is 12.1 Å². The highest BCUT2D eigenvalue weighted by Gasteiger charge is 2.17. The van der Waals surface area contributed by atoms with Gasteiger partial charge in [0.2, 0.25) is 5.91 Å². The fraction of sp³-hybridized carbons (Fsp3) is 0.815. The summed E-state index contributed by atoms with van der Waals surface area (Å²) in [4.78, 5) is 12.1. The van der Waals surface area contributed by atoms with Gasteiger partial charge < -0.3 is 15.5 Å². The first-order chi connectivity index (χ1) is 15.2. The lowest BCUT2D eigenvalue weighted by atomic mass is 10.1. The standard InChI is InChI=1S/C27H51NO3/c1-3-5-7-9-11-13-15-17-19-21-23-27(31)28-25(24-29)26(30)22-20-18-16-14-12-10-8-6-4-2/h12,14,20,22,25-26,29-30H,3-11,13,15-19,21,23-24H2,1-2H3,(H,28,31)/b14-12+,22-20+. The number of nitrogens with one attached hydrogen (secondary N) is 1. The summed E-state index contributed by atoms with van der Waals surface area (Å²) in [7, 11) is 0. The van der Waals surface area contributed by atoms with Crippen LogP contribution in [0.4, 0.5) is 0 Å². The first-order valence-corrected chi connectivity index (χ1v) is 13.1. The fourth-order valence-corrected chi connectivity index (χ4v) is 3.60. The van der Waals surface area contributed by atoms with E-state index in [4.69, 9.17) is 0 Å². The largest absolute Gasteiger partial charge is 0.394 e. The highest BCUT2D eigenvalue weighted by Crippen LogP contribution is 2.11. The van der Waals surface area contributed by atoms with E-state index in [1.807, 2.05) is 6.08 Å². The summed E-state index contributed by atoms with van der Waals surface area (Å²) in [6.07, 6.45) is 26.7. The van der Waals surface area contributed by atoms with E-state index in [9.17, 15) is 15.0 Å². The lowest BCUT2D eigenvalue weighted by Crippen LogP contribution is -2.45. The van der Waals surface area contributed by atoms with Crippen LogP contribution in [0.25, 0.3) is 0 Å². The molecule has 4 heteroatoms. The molecule has 0 bridgehead atoms. The van der Waals surface area contributed by atoms with Crippen molar-refractivity contribution < 1.29 is 15.0 Å². The minimum Gasteiger partial charge on any atom is -0.394 e. The van der Waals surface area contributed by atoms with Crippen molar-refractivity contribution in [3.8, 4) is 0 Å². The first-order valence-electron chi connectivity index (χ1n) is 13.1. The van der Waals surface area contributed by atoms with Gasteiger partial charge >= 0.3 is 0 Å². The molecule has 3 N–H and O–H groups in total. The molecule has 0 aliphatic heterocycles. The Morgan fingerprint density at radius 2 is 1.26 bits per heavy atom. The van der Waals surface area contributed by atoms with Crippen molar-refractivity contribution >= 4 is 5.91 Å². The monoisotopic (exact) mass is 437 g/mol. The van der Waals surface area contributed by atoms with Crippen LogP contribution in [0.2, 0.25) is 0 Å². The highest BCUT2D eigenvalue weighted by atomic mass is 16.3. The number of hydrogen-bond acceptors (Lipinski definition) is 3. The summed E-state index contributed by atoms with van der Waals surface area (Å²) in [5, 5.41) is 22.5. The van der Waals surface area contributed by atoms with Crippen molar-refractivity contribution in [1.82, 2.24) is 5.32 Å². The molecule has 1 amide bonds. The number of allylic oxidation sites excluding steroid dienone is 3. The van der Waals surface area contributed by atoms with Gasteiger partial charge in [0.25, 0.3) is 0 Å². The van der Waals surface area contributed by atoms with Gasteiger partial charge in [-0.05, 0) is 32.1 Å². The zero-order chi connectivity index (χ0) is 23.0. The van der Waals surface area contributed by atoms with Crippen molar-refractivity contribution in [1.29, 1.82) is 0 Å². The van der Waals surface area contributed by atoms with Gasteiger partial charge in [0.15, 0.2) is 0 Å². The Kier molecular flexibility index (Phi) is 22.7. The number of aliphatic hydroxyl groups is 2. The maximum absolute atomic E-state index is 12.1. The molecule has 0 saturated carbocycles. The summed E-state index contributed by atoms with van der Waals surface area (Å²) in [5.74, 6) is -0.0823. The molecular formula is C27H51NO3. The lowest BCUT2D eigenvalue weighted by molar-refractivity contribution is -0.123. The zero-order valence-corrected chi connectivity index (χ0v) is 20.5. The van der Waals surface area contributed by atoms with Gasteiger partial charge in [0.05, 0.1) is 18.8 Å². The van der Waals surface area contributed by atoms with Crippen LogP contribution in [-0.2, 0) is 4.79 Å². The van der Waals surface area contributed by atoms with Gasteiger partial charge in [-0.2, -0.15) is 0 Å². The van der Waals surface area contributed by atoms with Crippen LogP contribution >= 0.6 is 0 Å². The fourth-order valence-electron chi connectivity index (χ4n) is 3.60. The number of carbonyl (C=O) groups is 1. The van der Waals surface area contributed by atoms with E-state index in [1.54, 1.807) is 6.08 Å². The van der Waals surface area contributed by atoms with Crippen LogP contribution in [0.5, 0.6) is 0 Å². The molecule has 31 heavy (non-hydrogen) atoms. The summed E-state index contributed by atoms with van der Waals surface area (Å²) in [6, 6.07) is -0.628. The van der Waals surface area contributed by atoms with Crippen molar-refractivity contribution in [2.45, 2.75) is 135 Å². The summed E-state index contributed by atoms with van der Waals surface area (Å²) in [5.41, 5.74) is 0. The molecule has 0 aliphatic rings. The van der Waals surface area contributed by atoms with Crippen molar-refractivity contribution in [2.75, 3.05) is 6.61 Å². The Hall–Kier alpha value is -1.13. The van der Waals surface area contributed by atoms with Crippen LogP contribution in [-0.4, -0.2) is 34.9 Å². The smallest absolute Gasteiger partial charge is 0.220 e. The highest BCUT2D eigenvalue weighted by molar-refractivity contribution is 5.76. The molecule has 0 aromatic heterocycles. The second-order valence-corrected chi connectivity index (χ2v) is 8.75. The van der Waals surface area contributed by atoms with E-state index in [0.717, 1.165) is 32.1 Å². The van der Waals surface area contributed by atoms with Crippen LogP contribution in [0.1, 0.15) is 123 Å². The van der Waals surface area contributed by atoms with Gasteiger partial charge in [-0.1, -0.05) is 109 Å². The third kappa shape index (κ3) is 20.5. The predicted molar refractivity (Wildman–Crippen MR) is 133 cm³/mol. The third-order valence-corrected chi connectivity index (χ3v) is 5.69. The normalized spacial score (nSPS) is 13.8. The molecule has 0 heterocycles. The van der Waals surface area contributed by atoms with Crippen LogP contribution in [0, 0.1) is 0 Å². The van der Waals surface area contributed by atoms with Crippen LogP contribution < -0.4 is 5.32 Å². The Morgan fingerprint density at radius 3 is 1.87 bits per heavy atom. The number of unbranched alkanes of at least 4 members (excludes halogenated alkanes) is 13. The van der Waals surface area contributed by atoms with Crippen LogP contribution in [0.15, 0.2) is 24.3 Å². The van der Waals surface area contributed by atoms with Gasteiger partial charge in [0.1, 0.15) is 0 Å². The Bertz CT molecular complexity index is 448. The molecule has 4 nitrogen and oxygen atoms in total. The molecule has 182 valence electrons.